The fraction of sp³-hybridized carbons (Fsp3) is 0.564. The van der Waals surface area contributed by atoms with E-state index in [2.05, 4.69) is 53.8 Å². The van der Waals surface area contributed by atoms with Gasteiger partial charge in [-0.15, -0.1) is 33.5 Å². The summed E-state index contributed by atoms with van der Waals surface area (Å²) in [7, 11) is 1.29. The molecule has 3 aromatic rings. The number of fused-ring (bicyclic) bond motifs is 7. The average Bonchev–Trinajstić information content (AvgIpc) is 4.02. The molecule has 352 valence electrons. The molecule has 0 spiro atoms. The molecule has 3 aromatic heterocycles. The monoisotopic (exact) mass is 910 g/mol. The summed E-state index contributed by atoms with van der Waals surface area (Å²) in [5, 5.41) is 4.79. The Morgan fingerprint density at radius 3 is 2.09 bits per heavy atom. The number of methoxy groups -OCH3 is 1. The SMILES string of the molecule is CCc1c2[n-]c(c1C)C=C1NC(=C3c4[n-]c(c(C)c4C(=O)C3C(=O)OC)C=c3[n-]c(c(C=O)c3CC)=C2)C(CCC(=O)OCC=C(C)CCCC(C)CCCC(C)CCCC(C)C)C1C.[Mg+2]. The molecule has 0 radical (unpaired) electrons. The molecule has 5 unspecified atom stereocenters. The van der Waals surface area contributed by atoms with Gasteiger partial charge in [-0.1, -0.05) is 139 Å². The summed E-state index contributed by atoms with van der Waals surface area (Å²) in [4.78, 5) is 69.1. The first-order chi connectivity index (χ1) is 31.1. The van der Waals surface area contributed by atoms with Gasteiger partial charge in [-0.25, -0.2) is 0 Å². The first-order valence-electron chi connectivity index (χ1n) is 24.5. The summed E-state index contributed by atoms with van der Waals surface area (Å²) in [6.07, 6.45) is 21.7. The minimum absolute atomic E-state index is 0. The predicted molar refractivity (Wildman–Crippen MR) is 264 cm³/mol. The fourth-order valence-corrected chi connectivity index (χ4v) is 10.4. The van der Waals surface area contributed by atoms with Gasteiger partial charge in [-0.3, -0.25) is 19.2 Å². The van der Waals surface area contributed by atoms with Crippen LogP contribution in [0.5, 0.6) is 0 Å². The van der Waals surface area contributed by atoms with Gasteiger partial charge in [0.05, 0.1) is 7.11 Å². The Labute approximate surface area is 409 Å². The number of Topliss-reactive ketones (excluding diaryl/α,β-unsaturated/α-hetero) is 1. The molecule has 3 aliphatic rings. The van der Waals surface area contributed by atoms with Crippen molar-refractivity contribution in [1.82, 2.24) is 20.3 Å². The number of nitrogens with one attached hydrogen (secondary N) is 1. The molecule has 1 N–H and O–H groups in total. The van der Waals surface area contributed by atoms with E-state index in [4.69, 9.17) is 24.4 Å². The maximum atomic E-state index is 14.4. The van der Waals surface area contributed by atoms with Crippen LogP contribution in [-0.2, 0) is 31.9 Å². The van der Waals surface area contributed by atoms with Crippen LogP contribution in [0.4, 0.5) is 0 Å². The molecule has 0 saturated carbocycles. The van der Waals surface area contributed by atoms with E-state index in [1.54, 1.807) is 0 Å². The summed E-state index contributed by atoms with van der Waals surface area (Å²) in [5.41, 5.74) is 10.1. The van der Waals surface area contributed by atoms with Gasteiger partial charge in [-0.05, 0) is 82.3 Å². The number of carbonyl (C=O) groups is 4. The molecule has 1 fully saturated rings. The number of rotatable bonds is 21. The Balaban J connectivity index is 0.00000817. The Bertz CT molecular complexity index is 2480. The molecule has 5 atom stereocenters. The number of aromatic nitrogens is 3. The Hall–Kier alpha value is -4.35. The molecule has 10 nitrogen and oxygen atoms in total. The summed E-state index contributed by atoms with van der Waals surface area (Å²) >= 11 is 0. The van der Waals surface area contributed by atoms with Crippen LogP contribution >= 0.6 is 0 Å². The van der Waals surface area contributed by atoms with Crippen LogP contribution in [0.2, 0.25) is 0 Å². The van der Waals surface area contributed by atoms with Gasteiger partial charge < -0.3 is 29.7 Å². The van der Waals surface area contributed by atoms with Gasteiger partial charge in [0.2, 0.25) is 0 Å². The van der Waals surface area contributed by atoms with Crippen molar-refractivity contribution in [2.45, 2.75) is 153 Å². The minimum Gasteiger partial charge on any atom is -0.657 e. The molecule has 11 heteroatoms. The van der Waals surface area contributed by atoms with Gasteiger partial charge in [0.1, 0.15) is 18.8 Å². The molecule has 0 aromatic carbocycles. The topological polar surface area (TPSA) is 141 Å². The third kappa shape index (κ3) is 11.7. The maximum Gasteiger partial charge on any atom is 2.00 e. The number of ketones is 1. The van der Waals surface area contributed by atoms with Gasteiger partial charge >= 0.3 is 35.0 Å². The van der Waals surface area contributed by atoms with Crippen molar-refractivity contribution in [3.63, 3.8) is 0 Å². The number of carbonyl (C=O) groups excluding carboxylic acids is 4. The van der Waals surface area contributed by atoms with E-state index >= 15 is 0 Å². The maximum absolute atomic E-state index is 14.4. The van der Waals surface area contributed by atoms with Crippen LogP contribution < -0.4 is 31.0 Å². The summed E-state index contributed by atoms with van der Waals surface area (Å²) < 4.78 is 11.1. The molecular formula is C55H73MgN4O6-. The third-order valence-electron chi connectivity index (χ3n) is 14.4. The van der Waals surface area contributed by atoms with E-state index in [1.165, 1.54) is 57.6 Å². The molecule has 5 heterocycles. The second-order valence-electron chi connectivity index (χ2n) is 19.6. The van der Waals surface area contributed by atoms with E-state index in [-0.39, 0.29) is 59.7 Å². The van der Waals surface area contributed by atoms with Crippen LogP contribution in [-0.4, -0.2) is 60.8 Å². The van der Waals surface area contributed by atoms with Crippen LogP contribution in [0.15, 0.2) is 23.0 Å². The van der Waals surface area contributed by atoms with E-state index in [0.29, 0.717) is 68.8 Å². The number of nitrogens with zero attached hydrogens (tertiary/aromatic N) is 3. The van der Waals surface area contributed by atoms with Gasteiger partial charge in [-0.2, -0.15) is 0 Å². The standard InChI is InChI=1S/C55H74N4O6.Mg/c1-12-38-35(8)42-27-43-36(9)40(23-24-48(61)65-26-25-34(7)22-16-21-33(6)20-15-19-32(5)18-14-17-31(3)4)52(58-43)50-51(55(63)64-11)54(62)49-37(10)44(59-53(49)50)28-46-39(13-2)41(30-60)47(57-46)29-45(38)56-42;/h25,27-33,36,40,51H,12-24,26H2,1-11H3,(H2,58,59,60,62);/q-2;+2/p-1. The molecule has 2 aliphatic heterocycles. The zero-order valence-electron chi connectivity index (χ0n) is 41.7. The van der Waals surface area contributed by atoms with Crippen molar-refractivity contribution in [1.29, 1.82) is 0 Å². The number of aldehydes is 1. The molecule has 6 rings (SSSR count). The Morgan fingerprint density at radius 1 is 0.818 bits per heavy atom. The van der Waals surface area contributed by atoms with Gasteiger partial charge in [0.25, 0.3) is 0 Å². The normalized spacial score (nSPS) is 18.6. The fourth-order valence-electron chi connectivity index (χ4n) is 10.4. The van der Waals surface area contributed by atoms with Crippen molar-refractivity contribution < 1.29 is 28.7 Å². The van der Waals surface area contributed by atoms with E-state index in [9.17, 15) is 19.2 Å². The van der Waals surface area contributed by atoms with Crippen molar-refractivity contribution in [3.8, 4) is 0 Å². The zero-order chi connectivity index (χ0) is 47.1. The van der Waals surface area contributed by atoms with Crippen LogP contribution in [0.1, 0.15) is 192 Å². The molecule has 1 aliphatic carbocycles. The first kappa shape index (κ1) is 52.6. The van der Waals surface area contributed by atoms with Crippen LogP contribution in [0.3, 0.4) is 0 Å². The summed E-state index contributed by atoms with van der Waals surface area (Å²) in [5.74, 6) is -0.680. The van der Waals surface area contributed by atoms with E-state index < -0.39 is 11.9 Å². The number of esters is 2. The second kappa shape index (κ2) is 23.6. The van der Waals surface area contributed by atoms with Crippen molar-refractivity contribution in [2.24, 2.45) is 35.5 Å². The van der Waals surface area contributed by atoms with E-state index in [0.717, 1.165) is 71.2 Å². The Morgan fingerprint density at radius 2 is 1.45 bits per heavy atom. The van der Waals surface area contributed by atoms with Crippen molar-refractivity contribution in [3.05, 3.63) is 89.9 Å². The zero-order valence-corrected chi connectivity index (χ0v) is 43.2. The van der Waals surface area contributed by atoms with Crippen molar-refractivity contribution in [2.75, 3.05) is 13.7 Å². The molecule has 8 bridgehead atoms. The minimum atomic E-state index is -1.22. The molecule has 0 amide bonds. The smallest absolute Gasteiger partial charge is 0.657 e. The third-order valence-corrected chi connectivity index (χ3v) is 14.4. The molecule has 66 heavy (non-hydrogen) atoms. The largest absolute Gasteiger partial charge is 2.00 e. The molecular weight excluding hydrogens is 837 g/mol. The van der Waals surface area contributed by atoms with Gasteiger partial charge in [0, 0.05) is 40.8 Å². The van der Waals surface area contributed by atoms with Crippen LogP contribution in [0, 0.1) is 49.4 Å². The number of ether oxygens (including phenoxy) is 2. The average molecular weight is 911 g/mol. The van der Waals surface area contributed by atoms with E-state index in [1.807, 2.05) is 45.1 Å². The molecule has 1 saturated heterocycles. The number of hydrogen-bond acceptors (Lipinski definition) is 7. The predicted octanol–water partition coefficient (Wildman–Crippen LogP) is 9.00. The van der Waals surface area contributed by atoms with Gasteiger partial charge in [0.15, 0.2) is 5.78 Å². The van der Waals surface area contributed by atoms with Crippen molar-refractivity contribution >= 4 is 70.9 Å². The van der Waals surface area contributed by atoms with Crippen LogP contribution in [0.25, 0.3) is 23.8 Å². The quantitative estimate of drug-likeness (QED) is 0.0362. The second-order valence-corrected chi connectivity index (χ2v) is 19.6. The summed E-state index contributed by atoms with van der Waals surface area (Å²) in [6, 6.07) is 0. The summed E-state index contributed by atoms with van der Waals surface area (Å²) in [6.45, 7) is 21.8. The number of allylic oxidation sites excluding steroid dienone is 3. The number of hydrogen-bond donors (Lipinski definition) is 1. The Kier molecular flexibility index (Phi) is 18.8. The first-order valence-corrected chi connectivity index (χ1v) is 24.5.